The molecule has 7 heteroatoms. The number of Topliss-reactive ketones (excluding diaryl/α,β-unsaturated/α-hetero) is 1. The lowest BCUT2D eigenvalue weighted by Gasteiger charge is -2.65. The highest BCUT2D eigenvalue weighted by atomic mass is 16.5. The fourth-order valence-corrected chi connectivity index (χ4v) is 7.94. The number of ketones is 1. The number of para-hydroxylation sites is 1. The summed E-state index contributed by atoms with van der Waals surface area (Å²) in [6.07, 6.45) is 1.69. The third-order valence-electron chi connectivity index (χ3n) is 8.79. The third kappa shape index (κ3) is 1.64. The summed E-state index contributed by atoms with van der Waals surface area (Å²) in [5.41, 5.74) is -0.534. The van der Waals surface area contributed by atoms with Crippen molar-refractivity contribution in [1.82, 2.24) is 4.90 Å². The Morgan fingerprint density at radius 1 is 1.31 bits per heavy atom. The Morgan fingerprint density at radius 3 is 2.90 bits per heavy atom. The van der Waals surface area contributed by atoms with Crippen LogP contribution in [0.25, 0.3) is 0 Å². The van der Waals surface area contributed by atoms with Gasteiger partial charge in [0, 0.05) is 36.9 Å². The van der Waals surface area contributed by atoms with Crippen molar-refractivity contribution in [2.75, 3.05) is 32.6 Å². The maximum absolute atomic E-state index is 13.6. The number of hydrogen-bond acceptors (Lipinski definition) is 7. The monoisotopic (exact) mass is 398 g/mol. The summed E-state index contributed by atoms with van der Waals surface area (Å²) in [6, 6.07) is 5.77. The van der Waals surface area contributed by atoms with Gasteiger partial charge in [-0.25, -0.2) is 4.79 Å². The lowest BCUT2D eigenvalue weighted by atomic mass is 9.41. The van der Waals surface area contributed by atoms with Gasteiger partial charge in [0.15, 0.2) is 0 Å². The summed E-state index contributed by atoms with van der Waals surface area (Å²) in [4.78, 5) is 29.4. The highest BCUT2D eigenvalue weighted by Crippen LogP contribution is 2.73. The molecule has 5 aliphatic rings. The Hall–Kier alpha value is -2.12. The van der Waals surface area contributed by atoms with E-state index in [0.29, 0.717) is 38.0 Å². The van der Waals surface area contributed by atoms with E-state index in [-0.39, 0.29) is 23.7 Å². The van der Waals surface area contributed by atoms with E-state index >= 15 is 0 Å². The molecule has 3 heterocycles. The van der Waals surface area contributed by atoms with E-state index < -0.39 is 22.5 Å². The average Bonchev–Trinajstić information content (AvgIpc) is 3.21. The Labute approximate surface area is 169 Å². The van der Waals surface area contributed by atoms with E-state index in [1.807, 2.05) is 18.2 Å². The number of nitrogens with one attached hydrogen (secondary N) is 1. The Bertz CT molecular complexity index is 949. The number of ether oxygens (including phenoxy) is 2. The van der Waals surface area contributed by atoms with E-state index in [4.69, 9.17) is 9.47 Å². The first kappa shape index (κ1) is 17.7. The normalized spacial score (nSPS) is 44.0. The summed E-state index contributed by atoms with van der Waals surface area (Å²) in [5.74, 6) is 0.203. The summed E-state index contributed by atoms with van der Waals surface area (Å²) < 4.78 is 11.0. The summed E-state index contributed by atoms with van der Waals surface area (Å²) in [6.45, 7) is 1.38. The smallest absolute Gasteiger partial charge is 0.332 e. The zero-order valence-electron chi connectivity index (χ0n) is 16.7. The number of methoxy groups -OCH3 is 2. The molecule has 0 radical (unpaired) electrons. The van der Waals surface area contributed by atoms with Crippen LogP contribution in [0.15, 0.2) is 18.2 Å². The lowest BCUT2D eigenvalue weighted by Crippen LogP contribution is -2.78. The number of aliphatic hydroxyl groups excluding tert-OH is 1. The molecule has 1 spiro atoms. The van der Waals surface area contributed by atoms with E-state index in [9.17, 15) is 14.7 Å². The summed E-state index contributed by atoms with van der Waals surface area (Å²) in [7, 11) is 3.03. The van der Waals surface area contributed by atoms with Gasteiger partial charge in [-0.3, -0.25) is 9.69 Å². The lowest BCUT2D eigenvalue weighted by molar-refractivity contribution is -0.178. The van der Waals surface area contributed by atoms with Crippen molar-refractivity contribution in [3.63, 3.8) is 0 Å². The zero-order valence-corrected chi connectivity index (χ0v) is 16.7. The van der Waals surface area contributed by atoms with Crippen LogP contribution in [-0.2, 0) is 19.7 Å². The van der Waals surface area contributed by atoms with Gasteiger partial charge in [-0.15, -0.1) is 0 Å². The van der Waals surface area contributed by atoms with E-state index in [1.165, 1.54) is 7.11 Å². The van der Waals surface area contributed by atoms with Gasteiger partial charge in [0.2, 0.25) is 0 Å². The predicted molar refractivity (Wildman–Crippen MR) is 104 cm³/mol. The van der Waals surface area contributed by atoms with Gasteiger partial charge >= 0.3 is 5.97 Å². The molecule has 7 nitrogen and oxygen atoms in total. The number of benzene rings is 1. The molecule has 4 fully saturated rings. The van der Waals surface area contributed by atoms with Gasteiger partial charge in [-0.1, -0.05) is 12.1 Å². The minimum atomic E-state index is -1.03. The highest BCUT2D eigenvalue weighted by molar-refractivity contribution is 5.99. The van der Waals surface area contributed by atoms with Gasteiger partial charge < -0.3 is 19.9 Å². The SMILES string of the molecule is COC(=O)[C@]12CC[C@@]34CC(=O)[C@H]5CN(CC[C@@H]3O)[C@@H]4[C@]51c1cccc(OC)c1N2. The van der Waals surface area contributed by atoms with Crippen molar-refractivity contribution in [2.45, 2.75) is 48.8 Å². The molecular weight excluding hydrogens is 372 g/mol. The van der Waals surface area contributed by atoms with E-state index in [2.05, 4.69) is 10.2 Å². The van der Waals surface area contributed by atoms with Crippen molar-refractivity contribution in [2.24, 2.45) is 11.3 Å². The topological polar surface area (TPSA) is 88.1 Å². The number of piperidine rings is 1. The fourth-order valence-electron chi connectivity index (χ4n) is 7.94. The molecule has 2 aliphatic carbocycles. The second kappa shape index (κ2) is 5.32. The minimum absolute atomic E-state index is 0.0739. The Balaban J connectivity index is 1.72. The van der Waals surface area contributed by atoms with Crippen molar-refractivity contribution in [3.05, 3.63) is 23.8 Å². The predicted octanol–water partition coefficient (Wildman–Crippen LogP) is 1.09. The standard InChI is InChI=1S/C22H26N2O5/c1-28-15-5-3-4-12-17(15)23-21(19(27)29-2)8-7-20-10-14(25)13-11-24(9-6-16(20)26)18(20)22(12,13)21/h3-5,13,16,18,23,26H,6-11H2,1-2H3/t13-,16+,18+,20-,21-,22+/m1/s1. The van der Waals surface area contributed by atoms with Crippen molar-refractivity contribution >= 4 is 17.4 Å². The summed E-state index contributed by atoms with van der Waals surface area (Å²) >= 11 is 0. The van der Waals surface area contributed by atoms with Gasteiger partial charge in [-0.2, -0.15) is 0 Å². The van der Waals surface area contributed by atoms with Crippen LogP contribution >= 0.6 is 0 Å². The number of esters is 1. The Kier molecular flexibility index (Phi) is 3.25. The molecule has 0 amide bonds. The number of rotatable bonds is 2. The average molecular weight is 398 g/mol. The molecule has 4 bridgehead atoms. The van der Waals surface area contributed by atoms with Gasteiger partial charge in [-0.05, 0) is 30.9 Å². The molecule has 2 saturated heterocycles. The number of carbonyl (C=O) groups excluding carboxylic acids is 2. The van der Waals surface area contributed by atoms with Gasteiger partial charge in [0.05, 0.1) is 31.4 Å². The number of anilines is 1. The molecule has 1 aromatic carbocycles. The second-order valence-electron chi connectivity index (χ2n) is 9.40. The van der Waals surface area contributed by atoms with Gasteiger partial charge in [0.1, 0.15) is 17.1 Å². The van der Waals surface area contributed by atoms with E-state index in [1.54, 1.807) is 7.11 Å². The first-order valence-corrected chi connectivity index (χ1v) is 10.4. The molecule has 29 heavy (non-hydrogen) atoms. The molecule has 0 aromatic heterocycles. The van der Waals surface area contributed by atoms with Crippen LogP contribution in [0.1, 0.15) is 31.2 Å². The first-order valence-electron chi connectivity index (χ1n) is 10.4. The molecular formula is C22H26N2O5. The number of hydrogen-bond donors (Lipinski definition) is 2. The highest BCUT2D eigenvalue weighted by Gasteiger charge is 2.83. The van der Waals surface area contributed by atoms with Crippen LogP contribution in [-0.4, -0.2) is 66.8 Å². The number of fused-ring (bicyclic) bond motifs is 1. The zero-order chi connectivity index (χ0) is 20.2. The van der Waals surface area contributed by atoms with Crippen LogP contribution in [0.2, 0.25) is 0 Å². The quantitative estimate of drug-likeness (QED) is 0.721. The number of aliphatic hydroxyl groups is 1. The maximum atomic E-state index is 13.6. The van der Waals surface area contributed by atoms with Crippen LogP contribution in [0, 0.1) is 11.3 Å². The molecule has 2 saturated carbocycles. The maximum Gasteiger partial charge on any atom is 0.332 e. The Morgan fingerprint density at radius 2 is 2.14 bits per heavy atom. The molecule has 6 rings (SSSR count). The van der Waals surface area contributed by atoms with Gasteiger partial charge in [0.25, 0.3) is 0 Å². The largest absolute Gasteiger partial charge is 0.495 e. The van der Waals surface area contributed by atoms with Crippen molar-refractivity contribution in [3.8, 4) is 5.75 Å². The van der Waals surface area contributed by atoms with Crippen LogP contribution < -0.4 is 10.1 Å². The molecule has 0 unspecified atom stereocenters. The second-order valence-corrected chi connectivity index (χ2v) is 9.40. The molecule has 154 valence electrons. The molecule has 3 aliphatic heterocycles. The van der Waals surface area contributed by atoms with Crippen LogP contribution in [0.4, 0.5) is 5.69 Å². The minimum Gasteiger partial charge on any atom is -0.495 e. The van der Waals surface area contributed by atoms with Crippen molar-refractivity contribution < 1.29 is 24.2 Å². The summed E-state index contributed by atoms with van der Waals surface area (Å²) in [5, 5.41) is 14.7. The molecule has 2 N–H and O–H groups in total. The number of nitrogens with zero attached hydrogens (tertiary/aromatic N) is 1. The van der Waals surface area contributed by atoms with E-state index in [0.717, 1.165) is 17.8 Å². The molecule has 1 aromatic rings. The molecule has 6 atom stereocenters. The van der Waals surface area contributed by atoms with Crippen LogP contribution in [0.3, 0.4) is 0 Å². The number of carbonyl (C=O) groups is 2. The van der Waals surface area contributed by atoms with Crippen LogP contribution in [0.5, 0.6) is 5.75 Å². The first-order chi connectivity index (χ1) is 14.0. The third-order valence-corrected chi connectivity index (χ3v) is 8.79. The van der Waals surface area contributed by atoms with Crippen molar-refractivity contribution in [1.29, 1.82) is 0 Å². The fraction of sp³-hybridized carbons (Fsp3) is 0.636.